The minimum Gasteiger partial charge on any atom is -0.497 e. The highest BCUT2D eigenvalue weighted by Crippen LogP contribution is 2.24. The molecular weight excluding hydrogens is 352 g/mol. The van der Waals surface area contributed by atoms with Crippen molar-refractivity contribution in [3.8, 4) is 5.75 Å². The number of amides is 1. The molecule has 2 aromatic carbocycles. The van der Waals surface area contributed by atoms with Gasteiger partial charge < -0.3 is 26.1 Å². The van der Waals surface area contributed by atoms with Crippen LogP contribution in [0.3, 0.4) is 0 Å². The first-order valence-electron chi connectivity index (χ1n) is 9.49. The number of benzene rings is 2. The molecule has 6 nitrogen and oxygen atoms in total. The van der Waals surface area contributed by atoms with Crippen molar-refractivity contribution in [1.82, 2.24) is 10.3 Å². The van der Waals surface area contributed by atoms with Crippen LogP contribution in [0.2, 0.25) is 0 Å². The Labute approximate surface area is 165 Å². The van der Waals surface area contributed by atoms with E-state index in [1.165, 1.54) is 10.9 Å². The minimum atomic E-state index is -0.163. The van der Waals surface area contributed by atoms with E-state index in [1.54, 1.807) is 7.11 Å². The number of nitrogens with two attached hydrogens (primary N) is 1. The number of hydrogen-bond acceptors (Lipinski definition) is 4. The third kappa shape index (κ3) is 4.64. The second kappa shape index (κ2) is 8.80. The first kappa shape index (κ1) is 19.8. The lowest BCUT2D eigenvalue weighted by molar-refractivity contribution is -0.119. The van der Waals surface area contributed by atoms with E-state index >= 15 is 0 Å². The number of aromatic nitrogens is 1. The SMILES string of the molecule is COc1ccc2[nH]cc(CCNCC(C)C(=O)Nc3ccc(C)cc3N)c2c1. The van der Waals surface area contributed by atoms with E-state index in [0.717, 1.165) is 29.8 Å². The molecule has 148 valence electrons. The second-order valence-electron chi connectivity index (χ2n) is 7.16. The molecule has 0 saturated carbocycles. The highest BCUT2D eigenvalue weighted by molar-refractivity contribution is 5.95. The van der Waals surface area contributed by atoms with Crippen LogP contribution in [0.5, 0.6) is 5.75 Å². The highest BCUT2D eigenvalue weighted by Gasteiger charge is 2.14. The van der Waals surface area contributed by atoms with Gasteiger partial charge >= 0.3 is 0 Å². The molecular formula is C22H28N4O2. The molecule has 1 atom stereocenters. The summed E-state index contributed by atoms with van der Waals surface area (Å²) in [5.74, 6) is 0.644. The number of methoxy groups -OCH3 is 1. The lowest BCUT2D eigenvalue weighted by atomic mass is 10.1. The molecule has 0 aliphatic heterocycles. The van der Waals surface area contributed by atoms with Crippen molar-refractivity contribution in [1.29, 1.82) is 0 Å². The molecule has 3 rings (SSSR count). The lowest BCUT2D eigenvalue weighted by Crippen LogP contribution is -2.31. The predicted octanol–water partition coefficient (Wildman–Crippen LogP) is 3.47. The third-order valence-corrected chi connectivity index (χ3v) is 4.91. The van der Waals surface area contributed by atoms with E-state index in [2.05, 4.69) is 15.6 Å². The first-order valence-corrected chi connectivity index (χ1v) is 9.49. The molecule has 0 aliphatic rings. The third-order valence-electron chi connectivity index (χ3n) is 4.91. The van der Waals surface area contributed by atoms with Crippen molar-refractivity contribution in [2.45, 2.75) is 20.3 Å². The Hall–Kier alpha value is -2.99. The number of anilines is 2. The van der Waals surface area contributed by atoms with Crippen LogP contribution in [0.1, 0.15) is 18.1 Å². The van der Waals surface area contributed by atoms with Gasteiger partial charge in [-0.25, -0.2) is 0 Å². The molecule has 1 aromatic heterocycles. The number of ether oxygens (including phenoxy) is 1. The van der Waals surface area contributed by atoms with Crippen molar-refractivity contribution in [2.75, 3.05) is 31.2 Å². The van der Waals surface area contributed by atoms with E-state index < -0.39 is 0 Å². The van der Waals surface area contributed by atoms with Gasteiger partial charge in [-0.15, -0.1) is 0 Å². The Kier molecular flexibility index (Phi) is 6.21. The zero-order valence-electron chi connectivity index (χ0n) is 16.6. The Bertz CT molecular complexity index is 964. The van der Waals surface area contributed by atoms with Crippen LogP contribution in [0, 0.1) is 12.8 Å². The molecule has 0 fully saturated rings. The minimum absolute atomic E-state index is 0.0418. The normalized spacial score (nSPS) is 12.1. The zero-order valence-corrected chi connectivity index (χ0v) is 16.6. The van der Waals surface area contributed by atoms with Crippen LogP contribution < -0.4 is 21.1 Å². The van der Waals surface area contributed by atoms with Crippen molar-refractivity contribution < 1.29 is 9.53 Å². The van der Waals surface area contributed by atoms with Gasteiger partial charge in [0.05, 0.1) is 18.5 Å². The zero-order chi connectivity index (χ0) is 20.1. The molecule has 1 unspecified atom stereocenters. The summed E-state index contributed by atoms with van der Waals surface area (Å²) < 4.78 is 5.31. The Balaban J connectivity index is 1.49. The predicted molar refractivity (Wildman–Crippen MR) is 115 cm³/mol. The Morgan fingerprint density at radius 1 is 1.25 bits per heavy atom. The lowest BCUT2D eigenvalue weighted by Gasteiger charge is -2.14. The van der Waals surface area contributed by atoms with Crippen LogP contribution in [0.15, 0.2) is 42.6 Å². The molecule has 0 spiro atoms. The molecule has 3 aromatic rings. The number of aromatic amines is 1. The summed E-state index contributed by atoms with van der Waals surface area (Å²) in [6, 6.07) is 11.6. The summed E-state index contributed by atoms with van der Waals surface area (Å²) in [7, 11) is 1.67. The van der Waals surface area contributed by atoms with Crippen LogP contribution >= 0.6 is 0 Å². The Morgan fingerprint density at radius 2 is 2.07 bits per heavy atom. The van der Waals surface area contributed by atoms with Gasteiger partial charge in [-0.05, 0) is 61.3 Å². The van der Waals surface area contributed by atoms with Crippen molar-refractivity contribution >= 4 is 28.2 Å². The van der Waals surface area contributed by atoms with Crippen LogP contribution in [-0.2, 0) is 11.2 Å². The first-order chi connectivity index (χ1) is 13.5. The average molecular weight is 380 g/mol. The van der Waals surface area contributed by atoms with Crippen molar-refractivity contribution in [3.63, 3.8) is 0 Å². The van der Waals surface area contributed by atoms with Gasteiger partial charge in [0.15, 0.2) is 0 Å². The number of carbonyl (C=O) groups is 1. The topological polar surface area (TPSA) is 92.2 Å². The fourth-order valence-corrected chi connectivity index (χ4v) is 3.18. The molecule has 1 amide bonds. The second-order valence-corrected chi connectivity index (χ2v) is 7.16. The standard InChI is InChI=1S/C22H28N4O2/c1-14-4-6-21(19(23)10-14)26-22(27)15(2)12-24-9-8-16-13-25-20-7-5-17(28-3)11-18(16)20/h4-7,10-11,13,15,24-25H,8-9,12,23H2,1-3H3,(H,26,27). The van der Waals surface area contributed by atoms with Crippen LogP contribution in [0.4, 0.5) is 11.4 Å². The van der Waals surface area contributed by atoms with E-state index in [9.17, 15) is 4.79 Å². The largest absolute Gasteiger partial charge is 0.497 e. The van der Waals surface area contributed by atoms with Gasteiger partial charge in [0.25, 0.3) is 0 Å². The molecule has 1 heterocycles. The monoisotopic (exact) mass is 380 g/mol. The highest BCUT2D eigenvalue weighted by atomic mass is 16.5. The van der Waals surface area contributed by atoms with Gasteiger partial charge in [0, 0.05) is 29.6 Å². The van der Waals surface area contributed by atoms with Crippen molar-refractivity contribution in [2.24, 2.45) is 5.92 Å². The van der Waals surface area contributed by atoms with E-state index in [1.807, 2.05) is 56.4 Å². The number of fused-ring (bicyclic) bond motifs is 1. The number of nitrogen functional groups attached to an aromatic ring is 1. The van der Waals surface area contributed by atoms with E-state index in [-0.39, 0.29) is 11.8 Å². The van der Waals surface area contributed by atoms with Gasteiger partial charge in [-0.3, -0.25) is 4.79 Å². The van der Waals surface area contributed by atoms with Gasteiger partial charge in [-0.2, -0.15) is 0 Å². The maximum absolute atomic E-state index is 12.4. The summed E-state index contributed by atoms with van der Waals surface area (Å²) in [4.78, 5) is 15.7. The molecule has 5 N–H and O–H groups in total. The number of carbonyl (C=O) groups excluding carboxylic acids is 1. The van der Waals surface area contributed by atoms with Crippen LogP contribution in [-0.4, -0.2) is 31.1 Å². The molecule has 0 aliphatic carbocycles. The summed E-state index contributed by atoms with van der Waals surface area (Å²) in [5, 5.41) is 7.44. The summed E-state index contributed by atoms with van der Waals surface area (Å²) >= 11 is 0. The van der Waals surface area contributed by atoms with E-state index in [4.69, 9.17) is 10.5 Å². The summed E-state index contributed by atoms with van der Waals surface area (Å²) in [6.07, 6.45) is 2.90. The number of rotatable bonds is 8. The summed E-state index contributed by atoms with van der Waals surface area (Å²) in [6.45, 7) is 5.26. The fourth-order valence-electron chi connectivity index (χ4n) is 3.18. The van der Waals surface area contributed by atoms with Crippen molar-refractivity contribution in [3.05, 3.63) is 53.7 Å². The fraction of sp³-hybridized carbons (Fsp3) is 0.318. The Morgan fingerprint density at radius 3 is 2.82 bits per heavy atom. The number of H-pyrrole nitrogens is 1. The van der Waals surface area contributed by atoms with Gasteiger partial charge in [-0.1, -0.05) is 13.0 Å². The van der Waals surface area contributed by atoms with Crippen LogP contribution in [0.25, 0.3) is 10.9 Å². The van der Waals surface area contributed by atoms with Gasteiger partial charge in [0.2, 0.25) is 5.91 Å². The average Bonchev–Trinajstić information content (AvgIpc) is 3.09. The number of nitrogens with one attached hydrogen (secondary N) is 3. The molecule has 0 bridgehead atoms. The molecule has 0 radical (unpaired) electrons. The molecule has 6 heteroatoms. The van der Waals surface area contributed by atoms with E-state index in [0.29, 0.717) is 17.9 Å². The maximum Gasteiger partial charge on any atom is 0.228 e. The maximum atomic E-state index is 12.4. The molecule has 0 saturated heterocycles. The quantitative estimate of drug-likeness (QED) is 0.356. The summed E-state index contributed by atoms with van der Waals surface area (Å²) in [5.41, 5.74) is 10.6. The number of hydrogen-bond donors (Lipinski definition) is 4. The molecule has 28 heavy (non-hydrogen) atoms. The van der Waals surface area contributed by atoms with Gasteiger partial charge in [0.1, 0.15) is 5.75 Å². The smallest absolute Gasteiger partial charge is 0.228 e. The number of aryl methyl sites for hydroxylation is 1.